The highest BCUT2D eigenvalue weighted by Gasteiger charge is 2.20. The average molecular weight is 587 g/mol. The summed E-state index contributed by atoms with van der Waals surface area (Å²) in [6.45, 7) is 6.48. The Labute approximate surface area is 246 Å². The van der Waals surface area contributed by atoms with Crippen LogP contribution in [0.5, 0.6) is 11.5 Å². The second kappa shape index (κ2) is 12.8. The van der Waals surface area contributed by atoms with Crippen LogP contribution in [0.25, 0.3) is 5.69 Å². The summed E-state index contributed by atoms with van der Waals surface area (Å²) < 4.78 is 27.3. The van der Waals surface area contributed by atoms with Crippen molar-refractivity contribution < 1.29 is 18.7 Å². The van der Waals surface area contributed by atoms with Gasteiger partial charge >= 0.3 is 5.69 Å². The molecule has 43 heavy (non-hydrogen) atoms. The van der Waals surface area contributed by atoms with Gasteiger partial charge in [-0.25, -0.2) is 13.8 Å². The van der Waals surface area contributed by atoms with Crippen LogP contribution in [0.15, 0.2) is 70.5 Å². The first-order valence-electron chi connectivity index (χ1n) is 13.8. The van der Waals surface area contributed by atoms with E-state index in [-0.39, 0.29) is 17.8 Å². The number of aryl methyl sites for hydroxylation is 2. The molecule has 0 spiro atoms. The van der Waals surface area contributed by atoms with Gasteiger partial charge in [0.1, 0.15) is 17.1 Å². The van der Waals surface area contributed by atoms with Crippen LogP contribution in [-0.4, -0.2) is 52.5 Å². The molecule has 0 saturated carbocycles. The van der Waals surface area contributed by atoms with E-state index in [2.05, 4.69) is 15.2 Å². The molecule has 11 nitrogen and oxygen atoms in total. The van der Waals surface area contributed by atoms with Crippen LogP contribution in [0.4, 0.5) is 15.8 Å². The second-order valence-electron chi connectivity index (χ2n) is 9.91. The minimum atomic E-state index is -0.818. The van der Waals surface area contributed by atoms with Gasteiger partial charge in [-0.1, -0.05) is 0 Å². The number of carbonyl (C=O) groups is 1. The third kappa shape index (κ3) is 6.38. The van der Waals surface area contributed by atoms with Crippen molar-refractivity contribution in [1.82, 2.24) is 14.1 Å². The third-order valence-electron chi connectivity index (χ3n) is 7.07. The molecular weight excluding hydrogens is 555 g/mol. The number of aromatic nitrogens is 3. The Morgan fingerprint density at radius 2 is 1.84 bits per heavy atom. The van der Waals surface area contributed by atoms with Crippen LogP contribution in [0.3, 0.4) is 0 Å². The van der Waals surface area contributed by atoms with E-state index in [1.165, 1.54) is 29.1 Å². The molecule has 5 rings (SSSR count). The Balaban J connectivity index is 1.40. The second-order valence-corrected chi connectivity index (χ2v) is 9.91. The maximum Gasteiger partial charge on any atom is 0.335 e. The number of nitrogens with zero attached hydrogens (tertiary/aromatic N) is 4. The standard InChI is InChI=1S/C31H31FN6O5/c1-3-36-19-25(30(40)38(31(36)41)23-7-4-21(32)5-8-23)29(39)35-22-6-9-27(20(2)16-22)43-28-17-24(18-34-26(28)10-11-33)37-12-14-42-15-13-37/h4-9,11,16-19,33H,3,10,12-15H2,1-2H3,(H,35,39). The molecule has 1 aliphatic heterocycles. The molecule has 2 aromatic carbocycles. The molecule has 12 heteroatoms. The number of amides is 1. The normalized spacial score (nSPS) is 13.0. The van der Waals surface area contributed by atoms with Crippen LogP contribution >= 0.6 is 0 Å². The lowest BCUT2D eigenvalue weighted by Crippen LogP contribution is -2.42. The Bertz CT molecular complexity index is 1780. The van der Waals surface area contributed by atoms with Gasteiger partial charge in [-0.2, -0.15) is 0 Å². The van der Waals surface area contributed by atoms with Crippen LogP contribution in [0.2, 0.25) is 0 Å². The van der Waals surface area contributed by atoms with E-state index in [0.717, 1.165) is 35.5 Å². The Hall–Kier alpha value is -5.10. The lowest BCUT2D eigenvalue weighted by Gasteiger charge is -2.29. The first-order valence-corrected chi connectivity index (χ1v) is 13.8. The Morgan fingerprint density at radius 1 is 1.09 bits per heavy atom. The van der Waals surface area contributed by atoms with E-state index in [0.29, 0.717) is 48.1 Å². The number of anilines is 2. The molecule has 4 aromatic rings. The minimum absolute atomic E-state index is 0.153. The fraction of sp³-hybridized carbons (Fsp3) is 0.258. The average Bonchev–Trinajstić information content (AvgIpc) is 3.01. The van der Waals surface area contributed by atoms with Crippen molar-refractivity contribution in [1.29, 1.82) is 5.41 Å². The molecule has 1 aliphatic rings. The monoisotopic (exact) mass is 586 g/mol. The summed E-state index contributed by atoms with van der Waals surface area (Å²) >= 11 is 0. The molecule has 0 radical (unpaired) electrons. The number of carbonyl (C=O) groups excluding carboxylic acids is 1. The molecule has 1 saturated heterocycles. The van der Waals surface area contributed by atoms with E-state index < -0.39 is 23.0 Å². The van der Waals surface area contributed by atoms with Crippen molar-refractivity contribution in [3.05, 3.63) is 104 Å². The van der Waals surface area contributed by atoms with Crippen LogP contribution in [-0.2, 0) is 17.7 Å². The highest BCUT2D eigenvalue weighted by atomic mass is 19.1. The summed E-state index contributed by atoms with van der Waals surface area (Å²) in [5, 5.41) is 10.3. The lowest BCUT2D eigenvalue weighted by atomic mass is 10.1. The first kappa shape index (κ1) is 29.4. The van der Waals surface area contributed by atoms with Crippen molar-refractivity contribution in [3.63, 3.8) is 0 Å². The van der Waals surface area contributed by atoms with Crippen LogP contribution in [0.1, 0.15) is 28.5 Å². The number of ether oxygens (including phenoxy) is 2. The zero-order chi connectivity index (χ0) is 30.5. The highest BCUT2D eigenvalue weighted by Crippen LogP contribution is 2.32. The molecule has 0 unspecified atom stereocenters. The maximum atomic E-state index is 13.5. The van der Waals surface area contributed by atoms with Gasteiger partial charge in [0, 0.05) is 50.2 Å². The molecule has 1 amide bonds. The number of benzene rings is 2. The summed E-state index contributed by atoms with van der Waals surface area (Å²) in [4.78, 5) is 46.1. The fourth-order valence-electron chi connectivity index (χ4n) is 4.76. The number of pyridine rings is 1. The molecule has 222 valence electrons. The predicted molar refractivity (Wildman–Crippen MR) is 161 cm³/mol. The van der Waals surface area contributed by atoms with E-state index >= 15 is 0 Å². The van der Waals surface area contributed by atoms with Crippen molar-refractivity contribution in [2.24, 2.45) is 0 Å². The summed E-state index contributed by atoms with van der Waals surface area (Å²) in [5.74, 6) is -0.165. The van der Waals surface area contributed by atoms with Crippen molar-refractivity contribution in [2.75, 3.05) is 36.5 Å². The molecule has 0 atom stereocenters. The quantitative estimate of drug-likeness (QED) is 0.284. The third-order valence-corrected chi connectivity index (χ3v) is 7.07. The van der Waals surface area contributed by atoms with Gasteiger partial charge in [0.25, 0.3) is 11.5 Å². The van der Waals surface area contributed by atoms with Crippen molar-refractivity contribution in [3.8, 4) is 17.2 Å². The van der Waals surface area contributed by atoms with E-state index in [4.69, 9.17) is 14.9 Å². The number of hydrogen-bond donors (Lipinski definition) is 2. The maximum absolute atomic E-state index is 13.5. The number of nitrogens with one attached hydrogen (secondary N) is 2. The smallest absolute Gasteiger partial charge is 0.335 e. The molecule has 0 aliphatic carbocycles. The minimum Gasteiger partial charge on any atom is -0.455 e. The van der Waals surface area contributed by atoms with Crippen LogP contribution < -0.4 is 26.2 Å². The predicted octanol–water partition coefficient (Wildman–Crippen LogP) is 3.93. The highest BCUT2D eigenvalue weighted by molar-refractivity contribution is 6.04. The molecule has 3 heterocycles. The summed E-state index contributed by atoms with van der Waals surface area (Å²) in [7, 11) is 0. The number of rotatable bonds is 9. The summed E-state index contributed by atoms with van der Waals surface area (Å²) in [6.07, 6.45) is 4.57. The zero-order valence-corrected chi connectivity index (χ0v) is 23.8. The van der Waals surface area contributed by atoms with Gasteiger partial charge in [0.2, 0.25) is 0 Å². The van der Waals surface area contributed by atoms with Gasteiger partial charge in [-0.3, -0.25) is 19.1 Å². The fourth-order valence-corrected chi connectivity index (χ4v) is 4.76. The Morgan fingerprint density at radius 3 is 2.51 bits per heavy atom. The number of hydrogen-bond acceptors (Lipinski definition) is 8. The van der Waals surface area contributed by atoms with Gasteiger partial charge in [-0.15, -0.1) is 0 Å². The molecule has 0 bridgehead atoms. The van der Waals surface area contributed by atoms with Gasteiger partial charge in [0.15, 0.2) is 5.75 Å². The lowest BCUT2D eigenvalue weighted by molar-refractivity contribution is 0.102. The SMILES string of the molecule is CCn1cc(C(=O)Nc2ccc(Oc3cc(N4CCOCC4)cnc3CC=N)c(C)c2)c(=O)n(-c2ccc(F)cc2)c1=O. The largest absolute Gasteiger partial charge is 0.455 e. The van der Waals surface area contributed by atoms with Crippen molar-refractivity contribution in [2.45, 2.75) is 26.8 Å². The first-order chi connectivity index (χ1) is 20.8. The molecule has 1 fully saturated rings. The molecule has 2 N–H and O–H groups in total. The molecular formula is C31H31FN6O5. The summed E-state index contributed by atoms with van der Waals surface area (Å²) in [5.41, 5.74) is 1.09. The zero-order valence-electron chi connectivity index (χ0n) is 23.8. The van der Waals surface area contributed by atoms with Gasteiger partial charge in [0.05, 0.1) is 36.5 Å². The van der Waals surface area contributed by atoms with Gasteiger partial charge < -0.3 is 25.1 Å². The van der Waals surface area contributed by atoms with E-state index in [1.54, 1.807) is 31.3 Å². The van der Waals surface area contributed by atoms with Crippen molar-refractivity contribution >= 4 is 23.5 Å². The van der Waals surface area contributed by atoms with Crippen LogP contribution in [0, 0.1) is 18.2 Å². The molecule has 2 aromatic heterocycles. The number of halogens is 1. The van der Waals surface area contributed by atoms with E-state index in [1.807, 2.05) is 13.0 Å². The topological polar surface area (TPSA) is 132 Å². The number of morpholine rings is 1. The van der Waals surface area contributed by atoms with Gasteiger partial charge in [-0.05, 0) is 61.9 Å². The van der Waals surface area contributed by atoms with E-state index in [9.17, 15) is 18.8 Å². The Kier molecular flexibility index (Phi) is 8.77. The summed E-state index contributed by atoms with van der Waals surface area (Å²) in [6, 6.07) is 11.8.